The minimum absolute atomic E-state index is 0.0631. The Morgan fingerprint density at radius 3 is 2.13 bits per heavy atom. The largest absolute Gasteiger partial charge is 0.321 e. The summed E-state index contributed by atoms with van der Waals surface area (Å²) in [7, 11) is 0. The van der Waals surface area contributed by atoms with Gasteiger partial charge < -0.3 is 5.32 Å². The number of carbonyl (C=O) groups excluding carboxylic acids is 2. The van der Waals surface area contributed by atoms with Crippen LogP contribution in [0.15, 0.2) is 46.9 Å². The van der Waals surface area contributed by atoms with Crippen molar-refractivity contribution in [3.63, 3.8) is 0 Å². The number of hydrogen-bond acceptors (Lipinski definition) is 2. The zero-order chi connectivity index (χ0) is 17.2. The van der Waals surface area contributed by atoms with E-state index in [9.17, 15) is 9.59 Å². The first kappa shape index (κ1) is 17.4. The second-order valence-electron chi connectivity index (χ2n) is 6.53. The standard InChI is InChI=1S/C19H20BrNO2/c1-12(22)16-10-7-14(19(2,3)4)11-17(16)21-18(23)13-5-8-15(20)9-6-13/h5-11H,1-4H3,(H,21,23). The predicted molar refractivity (Wildman–Crippen MR) is 97.2 cm³/mol. The molecule has 0 saturated carbocycles. The Hall–Kier alpha value is -1.94. The highest BCUT2D eigenvalue weighted by Crippen LogP contribution is 2.28. The number of rotatable bonds is 3. The number of nitrogens with one attached hydrogen (secondary N) is 1. The summed E-state index contributed by atoms with van der Waals surface area (Å²) in [5.41, 5.74) is 2.62. The summed E-state index contributed by atoms with van der Waals surface area (Å²) in [5.74, 6) is -0.303. The van der Waals surface area contributed by atoms with Gasteiger partial charge in [0.15, 0.2) is 5.78 Å². The molecule has 2 aromatic rings. The van der Waals surface area contributed by atoms with Gasteiger partial charge in [-0.05, 0) is 54.3 Å². The molecule has 0 radical (unpaired) electrons. The summed E-state index contributed by atoms with van der Waals surface area (Å²) >= 11 is 3.35. The number of benzene rings is 2. The SMILES string of the molecule is CC(=O)c1ccc(C(C)(C)C)cc1NC(=O)c1ccc(Br)cc1. The first-order valence-corrected chi connectivity index (χ1v) is 8.20. The van der Waals surface area contributed by atoms with Crippen LogP contribution in [0.1, 0.15) is 54.0 Å². The van der Waals surface area contributed by atoms with Crippen molar-refractivity contribution in [2.75, 3.05) is 5.32 Å². The van der Waals surface area contributed by atoms with Crippen LogP contribution in [0.3, 0.4) is 0 Å². The molecule has 0 heterocycles. The van der Waals surface area contributed by atoms with Crippen LogP contribution in [0, 0.1) is 0 Å². The third kappa shape index (κ3) is 4.29. The van der Waals surface area contributed by atoms with E-state index in [2.05, 4.69) is 42.0 Å². The van der Waals surface area contributed by atoms with Gasteiger partial charge in [0.25, 0.3) is 5.91 Å². The molecule has 0 aliphatic heterocycles. The minimum Gasteiger partial charge on any atom is -0.321 e. The predicted octanol–water partition coefficient (Wildman–Crippen LogP) is 5.20. The topological polar surface area (TPSA) is 46.2 Å². The molecule has 0 aliphatic carbocycles. The number of amides is 1. The maximum absolute atomic E-state index is 12.4. The van der Waals surface area contributed by atoms with Gasteiger partial charge in [0.2, 0.25) is 0 Å². The van der Waals surface area contributed by atoms with Crippen LogP contribution in [0.5, 0.6) is 0 Å². The third-order valence-corrected chi connectivity index (χ3v) is 4.15. The summed E-state index contributed by atoms with van der Waals surface area (Å²) in [4.78, 5) is 24.3. The van der Waals surface area contributed by atoms with Crippen LogP contribution >= 0.6 is 15.9 Å². The lowest BCUT2D eigenvalue weighted by Crippen LogP contribution is -2.17. The van der Waals surface area contributed by atoms with E-state index in [-0.39, 0.29) is 17.1 Å². The van der Waals surface area contributed by atoms with Crippen molar-refractivity contribution in [1.29, 1.82) is 0 Å². The summed E-state index contributed by atoms with van der Waals surface area (Å²) in [6.07, 6.45) is 0. The Labute approximate surface area is 145 Å². The van der Waals surface area contributed by atoms with Crippen molar-refractivity contribution in [3.8, 4) is 0 Å². The fourth-order valence-electron chi connectivity index (χ4n) is 2.22. The molecular formula is C19H20BrNO2. The quantitative estimate of drug-likeness (QED) is 0.751. The summed E-state index contributed by atoms with van der Waals surface area (Å²) in [6, 6.07) is 12.7. The molecule has 1 amide bonds. The molecule has 1 N–H and O–H groups in total. The van der Waals surface area contributed by atoms with Crippen LogP contribution in [-0.4, -0.2) is 11.7 Å². The average Bonchev–Trinajstić information content (AvgIpc) is 2.46. The molecule has 2 rings (SSSR count). The molecule has 23 heavy (non-hydrogen) atoms. The van der Waals surface area contributed by atoms with Crippen LogP contribution < -0.4 is 5.32 Å². The lowest BCUT2D eigenvalue weighted by atomic mass is 9.86. The van der Waals surface area contributed by atoms with E-state index in [1.807, 2.05) is 24.3 Å². The van der Waals surface area contributed by atoms with Crippen molar-refractivity contribution in [3.05, 3.63) is 63.6 Å². The third-order valence-electron chi connectivity index (χ3n) is 3.62. The van der Waals surface area contributed by atoms with Gasteiger partial charge in [-0.15, -0.1) is 0 Å². The Kier molecular flexibility index (Phi) is 5.05. The minimum atomic E-state index is -0.231. The summed E-state index contributed by atoms with van der Waals surface area (Å²) in [5, 5.41) is 2.87. The molecule has 4 heteroatoms. The smallest absolute Gasteiger partial charge is 0.255 e. The van der Waals surface area contributed by atoms with Gasteiger partial charge in [0.05, 0.1) is 5.69 Å². The van der Waals surface area contributed by atoms with E-state index in [1.54, 1.807) is 18.2 Å². The molecule has 2 aromatic carbocycles. The lowest BCUT2D eigenvalue weighted by Gasteiger charge is -2.21. The summed E-state index contributed by atoms with van der Waals surface area (Å²) in [6.45, 7) is 7.78. The zero-order valence-electron chi connectivity index (χ0n) is 13.7. The fourth-order valence-corrected chi connectivity index (χ4v) is 2.48. The number of Topliss-reactive ketones (excluding diaryl/α,β-unsaturated/α-hetero) is 1. The van der Waals surface area contributed by atoms with Crippen molar-refractivity contribution in [1.82, 2.24) is 0 Å². The number of carbonyl (C=O) groups is 2. The Morgan fingerprint density at radius 1 is 1.00 bits per heavy atom. The van der Waals surface area contributed by atoms with Crippen molar-refractivity contribution in [2.45, 2.75) is 33.1 Å². The van der Waals surface area contributed by atoms with Crippen LogP contribution in [0.25, 0.3) is 0 Å². The van der Waals surface area contributed by atoms with Crippen molar-refractivity contribution >= 4 is 33.3 Å². The van der Waals surface area contributed by atoms with Gasteiger partial charge in [-0.25, -0.2) is 0 Å². The van der Waals surface area contributed by atoms with Gasteiger partial charge in [0.1, 0.15) is 0 Å². The molecular weight excluding hydrogens is 354 g/mol. The van der Waals surface area contributed by atoms with E-state index in [0.29, 0.717) is 16.8 Å². The monoisotopic (exact) mass is 373 g/mol. The molecule has 0 atom stereocenters. The van der Waals surface area contributed by atoms with Gasteiger partial charge in [-0.3, -0.25) is 9.59 Å². The number of anilines is 1. The highest BCUT2D eigenvalue weighted by Gasteiger charge is 2.18. The molecule has 0 bridgehead atoms. The number of hydrogen-bond donors (Lipinski definition) is 1. The first-order valence-electron chi connectivity index (χ1n) is 7.41. The first-order chi connectivity index (χ1) is 10.7. The second-order valence-corrected chi connectivity index (χ2v) is 7.44. The Morgan fingerprint density at radius 2 is 1.61 bits per heavy atom. The van der Waals surface area contributed by atoms with Crippen LogP contribution in [0.2, 0.25) is 0 Å². The van der Waals surface area contributed by atoms with E-state index in [0.717, 1.165) is 10.0 Å². The van der Waals surface area contributed by atoms with E-state index >= 15 is 0 Å². The Bertz CT molecular complexity index is 743. The van der Waals surface area contributed by atoms with Crippen LogP contribution in [-0.2, 0) is 5.41 Å². The molecule has 0 aliphatic rings. The van der Waals surface area contributed by atoms with E-state index in [1.165, 1.54) is 6.92 Å². The molecule has 0 aromatic heterocycles. The van der Waals surface area contributed by atoms with Crippen molar-refractivity contribution in [2.24, 2.45) is 0 Å². The normalized spacial score (nSPS) is 11.2. The van der Waals surface area contributed by atoms with Gasteiger partial charge >= 0.3 is 0 Å². The molecule has 3 nitrogen and oxygen atoms in total. The highest BCUT2D eigenvalue weighted by molar-refractivity contribution is 9.10. The number of halogens is 1. The highest BCUT2D eigenvalue weighted by atomic mass is 79.9. The van der Waals surface area contributed by atoms with Gasteiger partial charge in [-0.2, -0.15) is 0 Å². The van der Waals surface area contributed by atoms with Gasteiger partial charge in [-0.1, -0.05) is 42.8 Å². The second kappa shape index (κ2) is 6.67. The van der Waals surface area contributed by atoms with E-state index < -0.39 is 0 Å². The van der Waals surface area contributed by atoms with Gasteiger partial charge in [0, 0.05) is 15.6 Å². The average molecular weight is 374 g/mol. The zero-order valence-corrected chi connectivity index (χ0v) is 15.3. The van der Waals surface area contributed by atoms with Crippen LogP contribution in [0.4, 0.5) is 5.69 Å². The molecule has 0 spiro atoms. The van der Waals surface area contributed by atoms with Crippen molar-refractivity contribution < 1.29 is 9.59 Å². The molecule has 0 unspecified atom stereocenters. The molecule has 0 fully saturated rings. The summed E-state index contributed by atoms with van der Waals surface area (Å²) < 4.78 is 0.910. The molecule has 0 saturated heterocycles. The fraction of sp³-hybridized carbons (Fsp3) is 0.263. The lowest BCUT2D eigenvalue weighted by molar-refractivity contribution is 0.101. The molecule has 120 valence electrons. The number of ketones is 1. The maximum Gasteiger partial charge on any atom is 0.255 e. The maximum atomic E-state index is 12.4. The van der Waals surface area contributed by atoms with E-state index in [4.69, 9.17) is 0 Å². The Balaban J connectivity index is 2.38.